The Morgan fingerprint density at radius 2 is 1.61 bits per heavy atom. The Balaban J connectivity index is 2.11. The minimum atomic E-state index is -1.47. The van der Waals surface area contributed by atoms with E-state index in [0.717, 1.165) is 0 Å². The molecule has 7 unspecified atom stereocenters. The van der Waals surface area contributed by atoms with Crippen LogP contribution < -0.4 is 38.1 Å². The van der Waals surface area contributed by atoms with Gasteiger partial charge >= 0.3 is 0 Å². The number of rotatable bonds is 22. The lowest BCUT2D eigenvalue weighted by atomic mass is 9.97. The Morgan fingerprint density at radius 1 is 0.944 bits per heavy atom. The maximum Gasteiger partial charge on any atom is 0.248 e. The molecule has 1 fully saturated rings. The molecule has 11 N–H and O–H groups in total. The standard InChI is InChI=1S/C36H56N8O10/c1-5-21(4)31(35(53)42-27(19-46)36(54)44-14-6-7-28(44)34(52)40-23(18-45)15-20(2)3)43-33(51)26(12-13-29(38)48)41-30(49)17-39-32(50)25(37)16-22-8-10-24(47)11-9-22/h8-11,18,20-21,23,25-28,31,46-47H,5-7,12-17,19,37H2,1-4H3,(H2,38,48)(H,39,50)(H,40,52)(H,41,49)(H,42,53)(H,43,51). The molecule has 18 heteroatoms. The predicted octanol–water partition coefficient (Wildman–Crippen LogP) is -2.14. The van der Waals surface area contributed by atoms with Crippen LogP contribution in [0.15, 0.2) is 24.3 Å². The summed E-state index contributed by atoms with van der Waals surface area (Å²) in [6.07, 6.45) is 1.80. The zero-order valence-corrected chi connectivity index (χ0v) is 31.3. The number of amides is 7. The molecule has 1 saturated heterocycles. The summed E-state index contributed by atoms with van der Waals surface area (Å²) in [6.45, 7) is 6.01. The molecule has 0 bridgehead atoms. The molecule has 18 nitrogen and oxygen atoms in total. The quantitative estimate of drug-likeness (QED) is 0.0575. The van der Waals surface area contributed by atoms with Crippen LogP contribution in [0.4, 0.5) is 0 Å². The van der Waals surface area contributed by atoms with Crippen LogP contribution in [0.2, 0.25) is 0 Å². The van der Waals surface area contributed by atoms with E-state index in [2.05, 4.69) is 26.6 Å². The number of nitrogens with zero attached hydrogens (tertiary/aromatic N) is 1. The van der Waals surface area contributed by atoms with Gasteiger partial charge in [-0.15, -0.1) is 0 Å². The molecule has 7 amide bonds. The number of benzene rings is 1. The highest BCUT2D eigenvalue weighted by Gasteiger charge is 2.39. The predicted molar refractivity (Wildman–Crippen MR) is 196 cm³/mol. The summed E-state index contributed by atoms with van der Waals surface area (Å²) in [7, 11) is 0. The van der Waals surface area contributed by atoms with Crippen molar-refractivity contribution in [2.24, 2.45) is 23.3 Å². The second-order valence-corrected chi connectivity index (χ2v) is 14.0. The number of aliphatic hydroxyl groups is 1. The first-order valence-corrected chi connectivity index (χ1v) is 18.2. The van der Waals surface area contributed by atoms with Crippen LogP contribution >= 0.6 is 0 Å². The van der Waals surface area contributed by atoms with Crippen molar-refractivity contribution < 1.29 is 48.6 Å². The van der Waals surface area contributed by atoms with Gasteiger partial charge in [-0.05, 0) is 61.6 Å². The van der Waals surface area contributed by atoms with Gasteiger partial charge in [-0.3, -0.25) is 33.6 Å². The minimum Gasteiger partial charge on any atom is -0.508 e. The minimum absolute atomic E-state index is 0.0469. The van der Waals surface area contributed by atoms with Crippen molar-refractivity contribution in [3.63, 3.8) is 0 Å². The maximum atomic E-state index is 13.6. The van der Waals surface area contributed by atoms with E-state index in [4.69, 9.17) is 11.5 Å². The Kier molecular flexibility index (Phi) is 18.5. The number of aromatic hydroxyl groups is 1. The van der Waals surface area contributed by atoms with Crippen molar-refractivity contribution in [2.75, 3.05) is 19.7 Å². The summed E-state index contributed by atoms with van der Waals surface area (Å²) in [5.74, 6) is -5.47. The molecule has 0 aliphatic carbocycles. The maximum absolute atomic E-state index is 13.6. The molecule has 54 heavy (non-hydrogen) atoms. The third-order valence-corrected chi connectivity index (χ3v) is 9.13. The first kappa shape index (κ1) is 45.1. The number of primary amides is 1. The van der Waals surface area contributed by atoms with Crippen LogP contribution in [-0.2, 0) is 44.8 Å². The van der Waals surface area contributed by atoms with E-state index in [0.29, 0.717) is 37.5 Å². The summed E-state index contributed by atoms with van der Waals surface area (Å²) < 4.78 is 0. The molecule has 0 aromatic heterocycles. The second kappa shape index (κ2) is 22.2. The molecular weight excluding hydrogens is 704 g/mol. The van der Waals surface area contributed by atoms with Gasteiger partial charge in [-0.25, -0.2) is 0 Å². The molecule has 300 valence electrons. The lowest BCUT2D eigenvalue weighted by molar-refractivity contribution is -0.143. The van der Waals surface area contributed by atoms with E-state index in [1.165, 1.54) is 17.0 Å². The van der Waals surface area contributed by atoms with Gasteiger partial charge in [0.15, 0.2) is 0 Å². The fourth-order valence-corrected chi connectivity index (χ4v) is 5.92. The highest BCUT2D eigenvalue weighted by Crippen LogP contribution is 2.20. The topological polar surface area (TPSA) is 292 Å². The Labute approximate surface area is 314 Å². The highest BCUT2D eigenvalue weighted by atomic mass is 16.3. The molecular formula is C36H56N8O10. The van der Waals surface area contributed by atoms with Crippen molar-refractivity contribution in [1.82, 2.24) is 31.5 Å². The summed E-state index contributed by atoms with van der Waals surface area (Å²) in [5.41, 5.74) is 11.9. The molecule has 1 aliphatic heterocycles. The molecule has 1 aromatic carbocycles. The molecule has 0 saturated carbocycles. The van der Waals surface area contributed by atoms with Gasteiger partial charge in [0, 0.05) is 13.0 Å². The fraction of sp³-hybridized carbons (Fsp3) is 0.611. The summed E-state index contributed by atoms with van der Waals surface area (Å²) in [5, 5.41) is 32.1. The lowest BCUT2D eigenvalue weighted by Crippen LogP contribution is -2.60. The number of phenols is 1. The van der Waals surface area contributed by atoms with Crippen molar-refractivity contribution in [3.8, 4) is 5.75 Å². The van der Waals surface area contributed by atoms with Crippen LogP contribution in [0.25, 0.3) is 0 Å². The molecule has 1 aromatic rings. The third kappa shape index (κ3) is 14.4. The van der Waals surface area contributed by atoms with Gasteiger partial charge in [0.1, 0.15) is 36.2 Å². The van der Waals surface area contributed by atoms with Crippen molar-refractivity contribution in [2.45, 2.75) is 109 Å². The first-order chi connectivity index (χ1) is 25.5. The number of hydrogen-bond acceptors (Lipinski definition) is 11. The largest absolute Gasteiger partial charge is 0.508 e. The van der Waals surface area contributed by atoms with E-state index in [-0.39, 0.29) is 37.5 Å². The van der Waals surface area contributed by atoms with E-state index in [1.807, 2.05) is 13.8 Å². The Morgan fingerprint density at radius 3 is 2.19 bits per heavy atom. The molecule has 0 spiro atoms. The Bertz CT molecular complexity index is 1470. The summed E-state index contributed by atoms with van der Waals surface area (Å²) >= 11 is 0. The molecule has 0 radical (unpaired) electrons. The van der Waals surface area contributed by atoms with Gasteiger partial charge in [-0.2, -0.15) is 0 Å². The van der Waals surface area contributed by atoms with Crippen LogP contribution in [0.5, 0.6) is 5.75 Å². The van der Waals surface area contributed by atoms with Gasteiger partial charge in [-0.1, -0.05) is 46.2 Å². The number of likely N-dealkylation sites (tertiary alicyclic amines) is 1. The SMILES string of the molecule is CCC(C)C(NC(=O)C(CCC(N)=O)NC(=O)CNC(=O)C(N)Cc1ccc(O)cc1)C(=O)NC(CO)C(=O)N1CCCC1C(=O)NC(C=O)CC(C)C. The number of nitrogens with one attached hydrogen (secondary N) is 5. The zero-order chi connectivity index (χ0) is 40.5. The van der Waals surface area contributed by atoms with Gasteiger partial charge in [0.05, 0.1) is 25.2 Å². The fourth-order valence-electron chi connectivity index (χ4n) is 5.92. The number of hydrogen-bond donors (Lipinski definition) is 9. The van der Waals surface area contributed by atoms with E-state index in [9.17, 15) is 48.6 Å². The monoisotopic (exact) mass is 760 g/mol. The third-order valence-electron chi connectivity index (χ3n) is 9.13. The summed E-state index contributed by atoms with van der Waals surface area (Å²) in [6, 6.07) is -0.713. The number of carbonyl (C=O) groups is 8. The van der Waals surface area contributed by atoms with Gasteiger partial charge < -0.3 is 58.0 Å². The molecule has 2 rings (SSSR count). The number of carbonyl (C=O) groups excluding carboxylic acids is 8. The number of nitrogens with two attached hydrogens (primary N) is 2. The van der Waals surface area contributed by atoms with Gasteiger partial charge in [0.2, 0.25) is 41.4 Å². The molecule has 7 atom stereocenters. The van der Waals surface area contributed by atoms with Crippen LogP contribution in [0.1, 0.15) is 71.8 Å². The van der Waals surface area contributed by atoms with Crippen molar-refractivity contribution in [3.05, 3.63) is 29.8 Å². The van der Waals surface area contributed by atoms with E-state index < -0.39 is 96.7 Å². The zero-order valence-electron chi connectivity index (χ0n) is 31.3. The average Bonchev–Trinajstić information content (AvgIpc) is 3.63. The molecule has 1 aliphatic rings. The van der Waals surface area contributed by atoms with Crippen LogP contribution in [-0.4, -0.2) is 119 Å². The van der Waals surface area contributed by atoms with Crippen molar-refractivity contribution in [1.29, 1.82) is 0 Å². The van der Waals surface area contributed by atoms with Crippen LogP contribution in [0, 0.1) is 11.8 Å². The van der Waals surface area contributed by atoms with Crippen LogP contribution in [0.3, 0.4) is 0 Å². The second-order valence-electron chi connectivity index (χ2n) is 14.0. The normalized spacial score (nSPS) is 17.2. The Hall–Kier alpha value is -5.10. The van der Waals surface area contributed by atoms with Crippen molar-refractivity contribution >= 4 is 47.6 Å². The van der Waals surface area contributed by atoms with E-state index in [1.54, 1.807) is 26.0 Å². The summed E-state index contributed by atoms with van der Waals surface area (Å²) in [4.78, 5) is 103. The highest BCUT2D eigenvalue weighted by molar-refractivity contribution is 5.97. The first-order valence-electron chi connectivity index (χ1n) is 18.2. The van der Waals surface area contributed by atoms with E-state index >= 15 is 0 Å². The number of aliphatic hydroxyl groups excluding tert-OH is 1. The number of aldehydes is 1. The average molecular weight is 761 g/mol. The van der Waals surface area contributed by atoms with Gasteiger partial charge in [0.25, 0.3) is 0 Å². The smallest absolute Gasteiger partial charge is 0.248 e. The molecule has 1 heterocycles. The lowest BCUT2D eigenvalue weighted by Gasteiger charge is -2.31. The number of phenolic OH excluding ortho intramolecular Hbond substituents is 1.